The number of carbonyl (C=O) groups is 2. The lowest BCUT2D eigenvalue weighted by Gasteiger charge is -2.07. The molecule has 0 aliphatic carbocycles. The molecule has 2 rings (SSSR count). The molecule has 20 heavy (non-hydrogen) atoms. The molecule has 2 aromatic carbocycles. The SMILES string of the molecule is COc1ccc(C(=O)Oc2ccc(C=O)cc2)cc1Br. The monoisotopic (exact) mass is 334 g/mol. The summed E-state index contributed by atoms with van der Waals surface area (Å²) >= 11 is 3.31. The van der Waals surface area contributed by atoms with E-state index in [2.05, 4.69) is 15.9 Å². The molecule has 102 valence electrons. The van der Waals surface area contributed by atoms with Crippen LogP contribution in [0.2, 0.25) is 0 Å². The van der Waals surface area contributed by atoms with Crippen LogP contribution >= 0.6 is 15.9 Å². The Morgan fingerprint density at radius 3 is 2.40 bits per heavy atom. The van der Waals surface area contributed by atoms with E-state index in [1.54, 1.807) is 49.6 Å². The number of halogens is 1. The summed E-state index contributed by atoms with van der Waals surface area (Å²) in [4.78, 5) is 22.5. The Morgan fingerprint density at radius 2 is 1.85 bits per heavy atom. The molecular formula is C15H11BrO4. The number of benzene rings is 2. The van der Waals surface area contributed by atoms with E-state index in [4.69, 9.17) is 9.47 Å². The molecule has 0 spiro atoms. The molecule has 0 fully saturated rings. The number of rotatable bonds is 4. The van der Waals surface area contributed by atoms with Crippen molar-refractivity contribution in [2.45, 2.75) is 0 Å². The first-order chi connectivity index (χ1) is 9.63. The summed E-state index contributed by atoms with van der Waals surface area (Å²) in [5.41, 5.74) is 0.925. The molecule has 5 heteroatoms. The molecule has 0 amide bonds. The zero-order chi connectivity index (χ0) is 14.5. The minimum Gasteiger partial charge on any atom is -0.496 e. The van der Waals surface area contributed by atoms with E-state index in [1.165, 1.54) is 0 Å². The van der Waals surface area contributed by atoms with Crippen LogP contribution in [0.5, 0.6) is 11.5 Å². The number of methoxy groups -OCH3 is 1. The van der Waals surface area contributed by atoms with Crippen LogP contribution in [0.15, 0.2) is 46.9 Å². The zero-order valence-electron chi connectivity index (χ0n) is 10.6. The second-order valence-corrected chi connectivity index (χ2v) is 4.78. The highest BCUT2D eigenvalue weighted by atomic mass is 79.9. The Morgan fingerprint density at radius 1 is 1.15 bits per heavy atom. The lowest BCUT2D eigenvalue weighted by Crippen LogP contribution is -2.08. The van der Waals surface area contributed by atoms with Crippen molar-refractivity contribution in [2.75, 3.05) is 7.11 Å². The lowest BCUT2D eigenvalue weighted by atomic mass is 10.2. The Balaban J connectivity index is 2.14. The van der Waals surface area contributed by atoms with Crippen molar-refractivity contribution in [3.63, 3.8) is 0 Å². The number of carbonyl (C=O) groups excluding carboxylic acids is 2. The number of aldehydes is 1. The van der Waals surface area contributed by atoms with Crippen LogP contribution in [-0.4, -0.2) is 19.4 Å². The zero-order valence-corrected chi connectivity index (χ0v) is 12.2. The maximum Gasteiger partial charge on any atom is 0.343 e. The summed E-state index contributed by atoms with van der Waals surface area (Å²) in [5.74, 6) is 0.539. The van der Waals surface area contributed by atoms with Gasteiger partial charge in [0.2, 0.25) is 0 Å². The minimum absolute atomic E-state index is 0.382. The first-order valence-corrected chi connectivity index (χ1v) is 6.54. The summed E-state index contributed by atoms with van der Waals surface area (Å²) in [7, 11) is 1.55. The third kappa shape index (κ3) is 3.24. The smallest absolute Gasteiger partial charge is 0.343 e. The van der Waals surface area contributed by atoms with Crippen molar-refractivity contribution >= 4 is 28.2 Å². The Bertz CT molecular complexity index is 635. The molecule has 0 aliphatic heterocycles. The third-order valence-corrected chi connectivity index (χ3v) is 3.23. The van der Waals surface area contributed by atoms with Crippen molar-refractivity contribution in [1.82, 2.24) is 0 Å². The quantitative estimate of drug-likeness (QED) is 0.488. The van der Waals surface area contributed by atoms with Crippen LogP contribution in [0, 0.1) is 0 Å². The van der Waals surface area contributed by atoms with E-state index in [9.17, 15) is 9.59 Å². The predicted molar refractivity (Wildman–Crippen MR) is 77.5 cm³/mol. The Hall–Kier alpha value is -2.14. The van der Waals surface area contributed by atoms with E-state index in [-0.39, 0.29) is 0 Å². The average molecular weight is 335 g/mol. The molecule has 4 nitrogen and oxygen atoms in total. The van der Waals surface area contributed by atoms with Gasteiger partial charge >= 0.3 is 5.97 Å². The summed E-state index contributed by atoms with van der Waals surface area (Å²) in [6.07, 6.45) is 0.728. The molecule has 0 bridgehead atoms. The van der Waals surface area contributed by atoms with Gasteiger partial charge in [-0.25, -0.2) is 4.79 Å². The molecule has 0 saturated heterocycles. The minimum atomic E-state index is -0.479. The molecular weight excluding hydrogens is 324 g/mol. The van der Waals surface area contributed by atoms with Gasteiger partial charge in [0.25, 0.3) is 0 Å². The maximum absolute atomic E-state index is 12.0. The van der Waals surface area contributed by atoms with Gasteiger partial charge in [-0.05, 0) is 58.4 Å². The van der Waals surface area contributed by atoms with Gasteiger partial charge in [-0.15, -0.1) is 0 Å². The largest absolute Gasteiger partial charge is 0.496 e. The molecule has 2 aromatic rings. The summed E-state index contributed by atoms with van der Waals surface area (Å²) in [5, 5.41) is 0. The van der Waals surface area contributed by atoms with E-state index in [1.807, 2.05) is 0 Å². The first-order valence-electron chi connectivity index (χ1n) is 5.75. The van der Waals surface area contributed by atoms with Gasteiger partial charge < -0.3 is 9.47 Å². The topological polar surface area (TPSA) is 52.6 Å². The van der Waals surface area contributed by atoms with E-state index in [0.717, 1.165) is 6.29 Å². The molecule has 0 aromatic heterocycles. The molecule has 0 saturated carbocycles. The van der Waals surface area contributed by atoms with Gasteiger partial charge in [-0.2, -0.15) is 0 Å². The molecule has 0 radical (unpaired) electrons. The van der Waals surface area contributed by atoms with Crippen molar-refractivity contribution in [2.24, 2.45) is 0 Å². The van der Waals surface area contributed by atoms with Gasteiger partial charge in [0.15, 0.2) is 0 Å². The fraction of sp³-hybridized carbons (Fsp3) is 0.0667. The summed E-state index contributed by atoms with van der Waals surface area (Å²) < 4.78 is 11.0. The van der Waals surface area contributed by atoms with Crippen LogP contribution in [0.25, 0.3) is 0 Å². The second kappa shape index (κ2) is 6.34. The number of hydrogen-bond acceptors (Lipinski definition) is 4. The highest BCUT2D eigenvalue weighted by Crippen LogP contribution is 2.26. The fourth-order valence-corrected chi connectivity index (χ4v) is 2.11. The van der Waals surface area contributed by atoms with Crippen molar-refractivity contribution in [1.29, 1.82) is 0 Å². The predicted octanol–water partition coefficient (Wildman–Crippen LogP) is 3.49. The standard InChI is InChI=1S/C15H11BrO4/c1-19-14-7-4-11(8-13(14)16)15(18)20-12-5-2-10(9-17)3-6-12/h2-9H,1H3. The van der Waals surface area contributed by atoms with Gasteiger partial charge in [0.1, 0.15) is 17.8 Å². The lowest BCUT2D eigenvalue weighted by molar-refractivity contribution is 0.0734. The van der Waals surface area contributed by atoms with Gasteiger partial charge in [-0.3, -0.25) is 4.79 Å². The van der Waals surface area contributed by atoms with Crippen molar-refractivity contribution in [3.05, 3.63) is 58.1 Å². The maximum atomic E-state index is 12.0. The van der Waals surface area contributed by atoms with Crippen LogP contribution in [-0.2, 0) is 0 Å². The molecule has 0 heterocycles. The number of hydrogen-bond donors (Lipinski definition) is 0. The molecule has 0 aliphatic rings. The van der Waals surface area contributed by atoms with Gasteiger partial charge in [0, 0.05) is 5.56 Å². The van der Waals surface area contributed by atoms with Gasteiger partial charge in [-0.1, -0.05) is 0 Å². The van der Waals surface area contributed by atoms with Crippen LogP contribution in [0.3, 0.4) is 0 Å². The normalized spacial score (nSPS) is 9.90. The Labute approximate surface area is 124 Å². The van der Waals surface area contributed by atoms with Gasteiger partial charge in [0.05, 0.1) is 17.1 Å². The van der Waals surface area contributed by atoms with Crippen molar-refractivity contribution in [3.8, 4) is 11.5 Å². The van der Waals surface area contributed by atoms with E-state index >= 15 is 0 Å². The van der Waals surface area contributed by atoms with Crippen LogP contribution in [0.1, 0.15) is 20.7 Å². The van der Waals surface area contributed by atoms with E-state index < -0.39 is 5.97 Å². The highest BCUT2D eigenvalue weighted by molar-refractivity contribution is 9.10. The molecule has 0 atom stereocenters. The summed E-state index contributed by atoms with van der Waals surface area (Å²) in [6, 6.07) is 11.2. The number of esters is 1. The molecule has 0 N–H and O–H groups in total. The van der Waals surface area contributed by atoms with Crippen LogP contribution < -0.4 is 9.47 Å². The summed E-state index contributed by atoms with van der Waals surface area (Å²) in [6.45, 7) is 0. The van der Waals surface area contributed by atoms with Crippen molar-refractivity contribution < 1.29 is 19.1 Å². The van der Waals surface area contributed by atoms with E-state index in [0.29, 0.717) is 27.1 Å². The average Bonchev–Trinajstić information content (AvgIpc) is 2.48. The second-order valence-electron chi connectivity index (χ2n) is 3.93. The third-order valence-electron chi connectivity index (χ3n) is 2.61. The number of ether oxygens (including phenoxy) is 2. The molecule has 0 unspecified atom stereocenters. The Kier molecular flexibility index (Phi) is 4.53. The van der Waals surface area contributed by atoms with Crippen LogP contribution in [0.4, 0.5) is 0 Å². The fourth-order valence-electron chi connectivity index (χ4n) is 1.57. The first kappa shape index (κ1) is 14.3. The highest BCUT2D eigenvalue weighted by Gasteiger charge is 2.11.